The van der Waals surface area contributed by atoms with Crippen LogP contribution in [0.2, 0.25) is 0 Å². The van der Waals surface area contributed by atoms with Crippen molar-refractivity contribution in [2.45, 2.75) is 31.5 Å². The number of hydrogen-bond acceptors (Lipinski definition) is 7. The van der Waals surface area contributed by atoms with Gasteiger partial charge in [-0.2, -0.15) is 0 Å². The molecule has 0 spiro atoms. The topological polar surface area (TPSA) is 108 Å². The Balaban J connectivity index is 1.46. The van der Waals surface area contributed by atoms with E-state index in [9.17, 15) is 9.90 Å². The number of aliphatic hydroxyl groups excluding tert-OH is 1. The maximum Gasteiger partial charge on any atom is 0.247 e. The number of carbonyl (C=O) groups is 1. The fraction of sp³-hybridized carbons (Fsp3) is 0.467. The van der Waals surface area contributed by atoms with Gasteiger partial charge in [-0.05, 0) is 6.42 Å². The summed E-state index contributed by atoms with van der Waals surface area (Å²) in [6, 6.07) is -0.350. The highest BCUT2D eigenvalue weighted by Gasteiger charge is 2.42. The maximum atomic E-state index is 12.3. The first-order valence-corrected chi connectivity index (χ1v) is 8.02. The minimum Gasteiger partial charge on any atom is -0.391 e. The van der Waals surface area contributed by atoms with Crippen LogP contribution in [0.15, 0.2) is 25.0 Å². The lowest BCUT2D eigenvalue weighted by molar-refractivity contribution is -0.117. The second-order valence-corrected chi connectivity index (χ2v) is 6.05. The summed E-state index contributed by atoms with van der Waals surface area (Å²) in [5, 5.41) is 16.0. The predicted molar refractivity (Wildman–Crippen MR) is 87.8 cm³/mol. The predicted octanol–water partition coefficient (Wildman–Crippen LogP) is 0.0670. The number of imidazole rings is 1. The number of rotatable bonds is 5. The van der Waals surface area contributed by atoms with Gasteiger partial charge in [-0.15, -0.1) is 0 Å². The summed E-state index contributed by atoms with van der Waals surface area (Å²) in [5.41, 5.74) is 0.593. The highest BCUT2D eigenvalue weighted by atomic mass is 16.3. The fourth-order valence-electron chi connectivity index (χ4n) is 3.23. The zero-order valence-electron chi connectivity index (χ0n) is 13.1. The van der Waals surface area contributed by atoms with Crippen LogP contribution in [-0.2, 0) is 11.3 Å². The molecule has 2 atom stereocenters. The second-order valence-electron chi connectivity index (χ2n) is 6.05. The average molecular weight is 329 g/mol. The van der Waals surface area contributed by atoms with Crippen molar-refractivity contribution in [3.63, 3.8) is 0 Å². The first-order chi connectivity index (χ1) is 11.7. The van der Waals surface area contributed by atoms with Crippen molar-refractivity contribution in [1.29, 1.82) is 0 Å². The van der Waals surface area contributed by atoms with Crippen LogP contribution in [0.25, 0.3) is 0 Å². The Morgan fingerprint density at radius 3 is 3.17 bits per heavy atom. The van der Waals surface area contributed by atoms with Crippen molar-refractivity contribution < 1.29 is 9.90 Å². The Morgan fingerprint density at radius 1 is 1.42 bits per heavy atom. The van der Waals surface area contributed by atoms with Crippen molar-refractivity contribution in [1.82, 2.24) is 19.5 Å². The number of anilines is 3. The minimum atomic E-state index is -0.506. The first-order valence-electron chi connectivity index (χ1n) is 8.02. The molecule has 0 radical (unpaired) electrons. The molecule has 4 rings (SSSR count). The number of nitrogens with one attached hydrogen (secondary N) is 2. The van der Waals surface area contributed by atoms with Gasteiger partial charge >= 0.3 is 0 Å². The van der Waals surface area contributed by atoms with Crippen LogP contribution in [0, 0.1) is 0 Å². The third-order valence-corrected chi connectivity index (χ3v) is 4.37. The van der Waals surface area contributed by atoms with Gasteiger partial charge in [0.2, 0.25) is 5.91 Å². The normalized spacial score (nSPS) is 22.0. The lowest BCUT2D eigenvalue weighted by Crippen LogP contribution is -2.44. The molecule has 3 N–H and O–H groups in total. The monoisotopic (exact) mass is 329 g/mol. The van der Waals surface area contributed by atoms with Crippen LogP contribution in [-0.4, -0.2) is 55.8 Å². The molecular weight excluding hydrogens is 310 g/mol. The zero-order chi connectivity index (χ0) is 16.5. The van der Waals surface area contributed by atoms with Crippen LogP contribution in [0.4, 0.5) is 17.3 Å². The molecule has 2 aliphatic rings. The quantitative estimate of drug-likeness (QED) is 0.666. The van der Waals surface area contributed by atoms with Gasteiger partial charge in [-0.25, -0.2) is 15.0 Å². The zero-order valence-corrected chi connectivity index (χ0v) is 13.1. The molecule has 126 valence electrons. The molecule has 9 nitrogen and oxygen atoms in total. The van der Waals surface area contributed by atoms with Crippen LogP contribution in [0.3, 0.4) is 0 Å². The van der Waals surface area contributed by atoms with Crippen LogP contribution < -0.4 is 15.5 Å². The van der Waals surface area contributed by atoms with Gasteiger partial charge in [0.1, 0.15) is 18.1 Å². The molecule has 1 amide bonds. The standard InChI is InChI=1S/C15H19N7O2/c23-10-6-11-15(24)20-12-13(18-8-19-14(12)22(11)7-10)17-2-1-4-21-5-3-16-9-21/h3,5,8-11,23H,1-2,4,6-7H2,(H,20,24)(H,17,18,19)/t10-,11-/m1/s1. The van der Waals surface area contributed by atoms with E-state index in [1.807, 2.05) is 15.7 Å². The summed E-state index contributed by atoms with van der Waals surface area (Å²) < 4.78 is 2.01. The molecule has 4 heterocycles. The number of nitrogens with zero attached hydrogens (tertiary/aromatic N) is 5. The highest BCUT2D eigenvalue weighted by Crippen LogP contribution is 2.38. The van der Waals surface area contributed by atoms with Crippen LogP contribution in [0.1, 0.15) is 12.8 Å². The Kier molecular flexibility index (Phi) is 3.77. The van der Waals surface area contributed by atoms with E-state index in [1.54, 1.807) is 12.5 Å². The average Bonchev–Trinajstić information content (AvgIpc) is 3.21. The Morgan fingerprint density at radius 2 is 2.33 bits per heavy atom. The Bertz CT molecular complexity index is 733. The van der Waals surface area contributed by atoms with Gasteiger partial charge in [0.25, 0.3) is 0 Å². The van der Waals surface area contributed by atoms with E-state index in [2.05, 4.69) is 25.6 Å². The maximum absolute atomic E-state index is 12.3. The van der Waals surface area contributed by atoms with E-state index in [-0.39, 0.29) is 11.9 Å². The number of fused-ring (bicyclic) bond motifs is 3. The first kappa shape index (κ1) is 14.9. The number of hydrogen-bond donors (Lipinski definition) is 3. The van der Waals surface area contributed by atoms with Crippen molar-refractivity contribution in [2.75, 3.05) is 28.6 Å². The lowest BCUT2D eigenvalue weighted by Gasteiger charge is -2.32. The molecule has 0 bridgehead atoms. The van der Waals surface area contributed by atoms with E-state index < -0.39 is 6.10 Å². The lowest BCUT2D eigenvalue weighted by atomic mass is 10.1. The molecule has 1 fully saturated rings. The molecule has 24 heavy (non-hydrogen) atoms. The molecule has 0 aromatic carbocycles. The summed E-state index contributed by atoms with van der Waals surface area (Å²) in [7, 11) is 0. The third kappa shape index (κ3) is 2.67. The molecule has 0 aliphatic carbocycles. The van der Waals surface area contributed by atoms with Gasteiger partial charge in [-0.1, -0.05) is 0 Å². The van der Waals surface area contributed by atoms with E-state index in [1.165, 1.54) is 6.33 Å². The SMILES string of the molecule is O=C1Nc2c(NCCCn3ccnc3)ncnc2N2C[C@H](O)C[C@H]12. The molecule has 2 aromatic rings. The van der Waals surface area contributed by atoms with Crippen molar-refractivity contribution in [3.05, 3.63) is 25.0 Å². The highest BCUT2D eigenvalue weighted by molar-refractivity contribution is 6.05. The number of amides is 1. The van der Waals surface area contributed by atoms with Crippen molar-refractivity contribution in [3.8, 4) is 0 Å². The van der Waals surface area contributed by atoms with Crippen LogP contribution in [0.5, 0.6) is 0 Å². The molecule has 1 saturated heterocycles. The van der Waals surface area contributed by atoms with Gasteiger partial charge < -0.3 is 25.2 Å². The van der Waals surface area contributed by atoms with Gasteiger partial charge in [0.15, 0.2) is 11.6 Å². The smallest absolute Gasteiger partial charge is 0.247 e. The summed E-state index contributed by atoms with van der Waals surface area (Å²) in [6.45, 7) is 1.98. The molecule has 9 heteroatoms. The Labute approximate surface area is 138 Å². The molecule has 2 aliphatic heterocycles. The number of aromatic nitrogens is 4. The van der Waals surface area contributed by atoms with E-state index in [0.717, 1.165) is 13.0 Å². The largest absolute Gasteiger partial charge is 0.391 e. The van der Waals surface area contributed by atoms with E-state index in [4.69, 9.17) is 0 Å². The molecule has 2 aromatic heterocycles. The second kappa shape index (κ2) is 6.08. The summed E-state index contributed by atoms with van der Waals surface area (Å²) in [4.78, 5) is 26.7. The van der Waals surface area contributed by atoms with E-state index >= 15 is 0 Å². The summed E-state index contributed by atoms with van der Waals surface area (Å²) in [6.07, 6.45) is 7.77. The number of aliphatic hydroxyl groups is 1. The Hall–Kier alpha value is -2.68. The van der Waals surface area contributed by atoms with Crippen molar-refractivity contribution >= 4 is 23.2 Å². The van der Waals surface area contributed by atoms with Crippen LogP contribution >= 0.6 is 0 Å². The van der Waals surface area contributed by atoms with E-state index in [0.29, 0.717) is 36.8 Å². The van der Waals surface area contributed by atoms with Gasteiger partial charge in [-0.3, -0.25) is 4.79 Å². The van der Waals surface area contributed by atoms with Gasteiger partial charge in [0, 0.05) is 38.4 Å². The minimum absolute atomic E-state index is 0.115. The summed E-state index contributed by atoms with van der Waals surface area (Å²) >= 11 is 0. The third-order valence-electron chi connectivity index (χ3n) is 4.37. The molecule has 0 unspecified atom stereocenters. The van der Waals surface area contributed by atoms with Gasteiger partial charge in [0.05, 0.1) is 12.4 Å². The van der Waals surface area contributed by atoms with Crippen molar-refractivity contribution in [2.24, 2.45) is 0 Å². The molecular formula is C15H19N7O2. The summed E-state index contributed by atoms with van der Waals surface area (Å²) in [5.74, 6) is 1.16. The number of aryl methyl sites for hydroxylation is 1. The molecule has 0 saturated carbocycles. The number of carbonyl (C=O) groups excluding carboxylic acids is 1. The fourth-order valence-corrected chi connectivity index (χ4v) is 3.23.